The van der Waals surface area contributed by atoms with Crippen LogP contribution < -0.4 is 5.73 Å². The van der Waals surface area contributed by atoms with Gasteiger partial charge in [0.15, 0.2) is 0 Å². The van der Waals surface area contributed by atoms with Crippen molar-refractivity contribution in [2.75, 3.05) is 13.1 Å². The Morgan fingerprint density at radius 3 is 2.88 bits per heavy atom. The second-order valence-corrected chi connectivity index (χ2v) is 6.07. The first-order chi connectivity index (χ1) is 8.08. The van der Waals surface area contributed by atoms with E-state index in [0.717, 1.165) is 17.6 Å². The van der Waals surface area contributed by atoms with Crippen molar-refractivity contribution in [1.29, 1.82) is 0 Å². The standard InChI is InChI=1S/C14H21BrN2/c1-10-6-7-17(9-14(10)16)11(2)12-4-3-5-13(15)8-12/h3-5,8,10-11,14H,6-7,9,16H2,1-2H3. The lowest BCUT2D eigenvalue weighted by atomic mass is 9.92. The first-order valence-corrected chi connectivity index (χ1v) is 7.12. The molecule has 3 unspecified atom stereocenters. The Kier molecular flexibility index (Phi) is 4.23. The molecule has 0 aliphatic carbocycles. The lowest BCUT2D eigenvalue weighted by Crippen LogP contribution is -2.48. The number of hydrogen-bond acceptors (Lipinski definition) is 2. The highest BCUT2D eigenvalue weighted by atomic mass is 79.9. The summed E-state index contributed by atoms with van der Waals surface area (Å²) in [5.41, 5.74) is 7.53. The van der Waals surface area contributed by atoms with E-state index >= 15 is 0 Å². The summed E-state index contributed by atoms with van der Waals surface area (Å²) in [7, 11) is 0. The predicted molar refractivity (Wildman–Crippen MR) is 75.9 cm³/mol. The first-order valence-electron chi connectivity index (χ1n) is 6.33. The Hall–Kier alpha value is -0.380. The second-order valence-electron chi connectivity index (χ2n) is 5.16. The molecule has 1 aliphatic rings. The van der Waals surface area contributed by atoms with Crippen molar-refractivity contribution in [1.82, 2.24) is 4.90 Å². The number of rotatable bonds is 2. The SMILES string of the molecule is CC1CCN(C(C)c2cccc(Br)c2)CC1N. The Labute approximate surface area is 112 Å². The summed E-state index contributed by atoms with van der Waals surface area (Å²) < 4.78 is 1.15. The monoisotopic (exact) mass is 296 g/mol. The normalized spacial score (nSPS) is 28.0. The number of likely N-dealkylation sites (tertiary alicyclic amines) is 1. The molecule has 0 saturated carbocycles. The number of halogens is 1. The maximum atomic E-state index is 6.16. The van der Waals surface area contributed by atoms with Gasteiger partial charge in [-0.3, -0.25) is 4.90 Å². The summed E-state index contributed by atoms with van der Waals surface area (Å²) >= 11 is 3.53. The van der Waals surface area contributed by atoms with Crippen LogP contribution >= 0.6 is 15.9 Å². The summed E-state index contributed by atoms with van der Waals surface area (Å²) in [5.74, 6) is 0.654. The van der Waals surface area contributed by atoms with Crippen LogP contribution in [0.1, 0.15) is 31.9 Å². The highest BCUT2D eigenvalue weighted by molar-refractivity contribution is 9.10. The molecule has 3 atom stereocenters. The average Bonchev–Trinajstić information content (AvgIpc) is 2.32. The predicted octanol–water partition coefficient (Wildman–Crippen LogP) is 3.18. The van der Waals surface area contributed by atoms with Gasteiger partial charge in [0.1, 0.15) is 0 Å². The van der Waals surface area contributed by atoms with Crippen molar-refractivity contribution in [3.8, 4) is 0 Å². The van der Waals surface area contributed by atoms with E-state index in [1.165, 1.54) is 12.0 Å². The van der Waals surface area contributed by atoms with Crippen molar-refractivity contribution in [3.05, 3.63) is 34.3 Å². The molecule has 1 aliphatic heterocycles. The van der Waals surface area contributed by atoms with E-state index < -0.39 is 0 Å². The molecule has 1 aromatic carbocycles. The number of piperidine rings is 1. The maximum Gasteiger partial charge on any atom is 0.0320 e. The van der Waals surface area contributed by atoms with E-state index in [1.54, 1.807) is 0 Å². The molecule has 1 aromatic rings. The van der Waals surface area contributed by atoms with Crippen molar-refractivity contribution in [2.45, 2.75) is 32.4 Å². The zero-order chi connectivity index (χ0) is 12.4. The van der Waals surface area contributed by atoms with Crippen LogP contribution in [-0.4, -0.2) is 24.0 Å². The third-order valence-corrected chi connectivity index (χ3v) is 4.42. The van der Waals surface area contributed by atoms with Gasteiger partial charge in [-0.1, -0.05) is 35.0 Å². The topological polar surface area (TPSA) is 29.3 Å². The molecule has 1 fully saturated rings. The molecular weight excluding hydrogens is 276 g/mol. The molecule has 2 N–H and O–H groups in total. The van der Waals surface area contributed by atoms with Gasteiger partial charge in [0, 0.05) is 23.1 Å². The average molecular weight is 297 g/mol. The molecular formula is C14H21BrN2. The maximum absolute atomic E-state index is 6.16. The molecule has 0 radical (unpaired) electrons. The second kappa shape index (κ2) is 5.51. The highest BCUT2D eigenvalue weighted by Crippen LogP contribution is 2.27. The Balaban J connectivity index is 2.07. The van der Waals surface area contributed by atoms with Crippen LogP contribution in [0.4, 0.5) is 0 Å². The van der Waals surface area contributed by atoms with Crippen molar-refractivity contribution >= 4 is 15.9 Å². The molecule has 17 heavy (non-hydrogen) atoms. The number of benzene rings is 1. The zero-order valence-electron chi connectivity index (χ0n) is 10.6. The van der Waals surface area contributed by atoms with Crippen molar-refractivity contribution in [3.63, 3.8) is 0 Å². The van der Waals surface area contributed by atoms with Gasteiger partial charge in [-0.15, -0.1) is 0 Å². The van der Waals surface area contributed by atoms with Crippen LogP contribution in [-0.2, 0) is 0 Å². The van der Waals surface area contributed by atoms with Gasteiger partial charge in [0.25, 0.3) is 0 Å². The van der Waals surface area contributed by atoms with Gasteiger partial charge in [0.05, 0.1) is 0 Å². The van der Waals surface area contributed by atoms with Gasteiger partial charge in [-0.25, -0.2) is 0 Å². The number of hydrogen-bond donors (Lipinski definition) is 1. The van der Waals surface area contributed by atoms with Crippen LogP contribution in [0.25, 0.3) is 0 Å². The van der Waals surface area contributed by atoms with Gasteiger partial charge in [0.2, 0.25) is 0 Å². The van der Waals surface area contributed by atoms with Crippen LogP contribution in [0.5, 0.6) is 0 Å². The molecule has 2 rings (SSSR count). The van der Waals surface area contributed by atoms with E-state index in [9.17, 15) is 0 Å². The first kappa shape index (κ1) is 13.1. The molecule has 94 valence electrons. The third-order valence-electron chi connectivity index (χ3n) is 3.93. The van der Waals surface area contributed by atoms with Crippen molar-refractivity contribution < 1.29 is 0 Å². The molecule has 2 nitrogen and oxygen atoms in total. The summed E-state index contributed by atoms with van der Waals surface area (Å²) in [4.78, 5) is 2.49. The smallest absolute Gasteiger partial charge is 0.0320 e. The van der Waals surface area contributed by atoms with E-state index in [0.29, 0.717) is 18.0 Å². The third kappa shape index (κ3) is 3.09. The molecule has 1 heterocycles. The fourth-order valence-corrected chi connectivity index (χ4v) is 2.87. The van der Waals surface area contributed by atoms with Gasteiger partial charge < -0.3 is 5.73 Å². The molecule has 0 amide bonds. The molecule has 3 heteroatoms. The van der Waals surface area contributed by atoms with Gasteiger partial charge >= 0.3 is 0 Å². The number of nitrogens with zero attached hydrogens (tertiary/aromatic N) is 1. The lowest BCUT2D eigenvalue weighted by molar-refractivity contribution is 0.128. The Morgan fingerprint density at radius 2 is 2.24 bits per heavy atom. The summed E-state index contributed by atoms with van der Waals surface area (Å²) in [6.45, 7) is 6.69. The molecule has 0 bridgehead atoms. The van der Waals surface area contributed by atoms with E-state index in [4.69, 9.17) is 5.73 Å². The molecule has 0 aromatic heterocycles. The Bertz CT molecular complexity index is 380. The Morgan fingerprint density at radius 1 is 1.47 bits per heavy atom. The summed E-state index contributed by atoms with van der Waals surface area (Å²) in [6.07, 6.45) is 1.21. The molecule has 1 saturated heterocycles. The van der Waals surface area contributed by atoms with E-state index in [1.807, 2.05) is 0 Å². The van der Waals surface area contributed by atoms with Crippen LogP contribution in [0.2, 0.25) is 0 Å². The fourth-order valence-electron chi connectivity index (χ4n) is 2.45. The fraction of sp³-hybridized carbons (Fsp3) is 0.571. The minimum Gasteiger partial charge on any atom is -0.326 e. The van der Waals surface area contributed by atoms with Crippen LogP contribution in [0.3, 0.4) is 0 Å². The lowest BCUT2D eigenvalue weighted by Gasteiger charge is -2.38. The van der Waals surface area contributed by atoms with E-state index in [2.05, 4.69) is 58.9 Å². The van der Waals surface area contributed by atoms with Crippen LogP contribution in [0, 0.1) is 5.92 Å². The minimum atomic E-state index is 0.318. The van der Waals surface area contributed by atoms with E-state index in [-0.39, 0.29) is 0 Å². The van der Waals surface area contributed by atoms with Crippen LogP contribution in [0.15, 0.2) is 28.7 Å². The quantitative estimate of drug-likeness (QED) is 0.908. The largest absolute Gasteiger partial charge is 0.326 e. The number of nitrogens with two attached hydrogens (primary N) is 1. The summed E-state index contributed by atoms with van der Waals surface area (Å²) in [6, 6.07) is 9.33. The van der Waals surface area contributed by atoms with Gasteiger partial charge in [-0.05, 0) is 43.5 Å². The summed E-state index contributed by atoms with van der Waals surface area (Å²) in [5, 5.41) is 0. The molecule has 0 spiro atoms. The zero-order valence-corrected chi connectivity index (χ0v) is 12.2. The van der Waals surface area contributed by atoms with Gasteiger partial charge in [-0.2, -0.15) is 0 Å². The highest BCUT2D eigenvalue weighted by Gasteiger charge is 2.26. The van der Waals surface area contributed by atoms with Crippen molar-refractivity contribution in [2.24, 2.45) is 11.7 Å². The minimum absolute atomic E-state index is 0.318.